The summed E-state index contributed by atoms with van der Waals surface area (Å²) in [6, 6.07) is 8.81. The quantitative estimate of drug-likeness (QED) is 0.355. The normalized spacial score (nSPS) is 10.8. The maximum atomic E-state index is 14.3. The van der Waals surface area contributed by atoms with Gasteiger partial charge in [-0.3, -0.25) is 4.68 Å². The summed E-state index contributed by atoms with van der Waals surface area (Å²) >= 11 is 3.14. The first kappa shape index (κ1) is 19.8. The van der Waals surface area contributed by atoms with Crippen LogP contribution in [0.2, 0.25) is 0 Å². The van der Waals surface area contributed by atoms with Gasteiger partial charge in [-0.2, -0.15) is 10.1 Å². The molecule has 0 fully saturated rings. The Labute approximate surface area is 179 Å². The van der Waals surface area contributed by atoms with Gasteiger partial charge in [0.15, 0.2) is 0 Å². The van der Waals surface area contributed by atoms with E-state index in [4.69, 9.17) is 5.73 Å². The highest BCUT2D eigenvalue weighted by molar-refractivity contribution is 9.10. The maximum absolute atomic E-state index is 14.3. The maximum Gasteiger partial charge on any atom is 0.229 e. The molecule has 10 heteroatoms. The van der Waals surface area contributed by atoms with Gasteiger partial charge in [0.1, 0.15) is 17.5 Å². The van der Waals surface area contributed by atoms with Gasteiger partial charge < -0.3 is 16.4 Å². The number of anilines is 5. The van der Waals surface area contributed by atoms with E-state index >= 15 is 0 Å². The zero-order chi connectivity index (χ0) is 21.3. The van der Waals surface area contributed by atoms with Crippen LogP contribution in [0.3, 0.4) is 0 Å². The summed E-state index contributed by atoms with van der Waals surface area (Å²) in [6.07, 6.45) is 4.90. The molecule has 0 aliphatic rings. The predicted molar refractivity (Wildman–Crippen MR) is 116 cm³/mol. The zero-order valence-electron chi connectivity index (χ0n) is 15.7. The highest BCUT2D eigenvalue weighted by Gasteiger charge is 2.14. The van der Waals surface area contributed by atoms with Crippen LogP contribution in [0.5, 0.6) is 0 Å². The van der Waals surface area contributed by atoms with E-state index in [9.17, 15) is 8.78 Å². The van der Waals surface area contributed by atoms with E-state index in [1.165, 1.54) is 30.5 Å². The minimum absolute atomic E-state index is 0.139. The monoisotopic (exact) mass is 471 g/mol. The number of nitrogen functional groups attached to an aromatic ring is 1. The van der Waals surface area contributed by atoms with Crippen LogP contribution < -0.4 is 16.4 Å². The average molecular weight is 472 g/mol. The molecule has 0 amide bonds. The van der Waals surface area contributed by atoms with Crippen molar-refractivity contribution in [3.63, 3.8) is 0 Å². The van der Waals surface area contributed by atoms with Crippen molar-refractivity contribution in [1.29, 1.82) is 0 Å². The van der Waals surface area contributed by atoms with Crippen LogP contribution in [0.25, 0.3) is 11.1 Å². The molecule has 4 rings (SSSR count). The second-order valence-corrected chi connectivity index (χ2v) is 7.33. The van der Waals surface area contributed by atoms with Crippen molar-refractivity contribution in [2.24, 2.45) is 7.05 Å². The lowest BCUT2D eigenvalue weighted by Crippen LogP contribution is -2.04. The number of nitrogens with zero attached hydrogens (tertiary/aromatic N) is 4. The van der Waals surface area contributed by atoms with Crippen molar-refractivity contribution < 1.29 is 8.78 Å². The molecule has 30 heavy (non-hydrogen) atoms. The van der Waals surface area contributed by atoms with Gasteiger partial charge in [0.2, 0.25) is 5.95 Å². The van der Waals surface area contributed by atoms with Gasteiger partial charge in [-0.15, -0.1) is 0 Å². The SMILES string of the molecule is Cn1cc(Nc2ncc(-c3ccc(Br)c(F)c3)c(Nc3cc(N)ccc3F)n2)cn1. The third-order valence-electron chi connectivity index (χ3n) is 4.22. The molecule has 0 saturated heterocycles. The Hall–Kier alpha value is -3.53. The van der Waals surface area contributed by atoms with Crippen molar-refractivity contribution in [2.45, 2.75) is 0 Å². The van der Waals surface area contributed by atoms with E-state index in [2.05, 4.69) is 41.6 Å². The number of rotatable bonds is 5. The molecule has 0 radical (unpaired) electrons. The van der Waals surface area contributed by atoms with Crippen LogP contribution in [0.1, 0.15) is 0 Å². The Bertz CT molecular complexity index is 1230. The van der Waals surface area contributed by atoms with E-state index in [0.717, 1.165) is 0 Å². The number of nitrogens with one attached hydrogen (secondary N) is 2. The Morgan fingerprint density at radius 3 is 2.60 bits per heavy atom. The summed E-state index contributed by atoms with van der Waals surface area (Å²) in [6.45, 7) is 0. The number of hydrogen-bond acceptors (Lipinski definition) is 6. The fourth-order valence-corrected chi connectivity index (χ4v) is 3.04. The lowest BCUT2D eigenvalue weighted by molar-refractivity contribution is 0.621. The van der Waals surface area contributed by atoms with Gasteiger partial charge in [0.05, 0.1) is 22.0 Å². The summed E-state index contributed by atoms with van der Waals surface area (Å²) in [7, 11) is 1.78. The Kier molecular flexibility index (Phi) is 5.32. The van der Waals surface area contributed by atoms with Gasteiger partial charge in [-0.1, -0.05) is 6.07 Å². The predicted octanol–water partition coefficient (Wildman–Crippen LogP) is 4.99. The smallest absolute Gasteiger partial charge is 0.229 e. The third kappa shape index (κ3) is 4.23. The van der Waals surface area contributed by atoms with Crippen LogP contribution in [0, 0.1) is 11.6 Å². The first-order valence-electron chi connectivity index (χ1n) is 8.79. The number of benzene rings is 2. The highest BCUT2D eigenvalue weighted by Crippen LogP contribution is 2.32. The summed E-state index contributed by atoms with van der Waals surface area (Å²) in [5.74, 6) is -0.401. The molecular formula is C20H16BrF2N7. The second kappa shape index (κ2) is 8.07. The minimum Gasteiger partial charge on any atom is -0.399 e. The molecule has 152 valence electrons. The zero-order valence-corrected chi connectivity index (χ0v) is 17.3. The van der Waals surface area contributed by atoms with Gasteiger partial charge in [0, 0.05) is 30.7 Å². The molecule has 4 aromatic rings. The molecule has 7 nitrogen and oxygen atoms in total. The van der Waals surface area contributed by atoms with E-state index in [1.54, 1.807) is 36.3 Å². The van der Waals surface area contributed by atoms with Crippen LogP contribution in [-0.2, 0) is 7.05 Å². The Balaban J connectivity index is 1.78. The molecule has 0 spiro atoms. The number of aryl methyl sites for hydroxylation is 1. The van der Waals surface area contributed by atoms with Gasteiger partial charge in [-0.25, -0.2) is 13.8 Å². The van der Waals surface area contributed by atoms with Crippen LogP contribution >= 0.6 is 15.9 Å². The van der Waals surface area contributed by atoms with Crippen molar-refractivity contribution in [3.05, 3.63) is 71.1 Å². The van der Waals surface area contributed by atoms with E-state index in [1.807, 2.05) is 0 Å². The van der Waals surface area contributed by atoms with Crippen molar-refractivity contribution >= 4 is 44.8 Å². The molecule has 0 unspecified atom stereocenters. The first-order valence-corrected chi connectivity index (χ1v) is 9.58. The van der Waals surface area contributed by atoms with Crippen molar-refractivity contribution in [3.8, 4) is 11.1 Å². The third-order valence-corrected chi connectivity index (χ3v) is 4.87. The Morgan fingerprint density at radius 1 is 1.03 bits per heavy atom. The summed E-state index contributed by atoms with van der Waals surface area (Å²) in [5, 5.41) is 10.1. The molecule has 0 aliphatic heterocycles. The van der Waals surface area contributed by atoms with E-state index in [-0.39, 0.29) is 17.5 Å². The van der Waals surface area contributed by atoms with Crippen LogP contribution in [0.4, 0.5) is 37.6 Å². The number of halogens is 3. The topological polar surface area (TPSA) is 93.7 Å². The second-order valence-electron chi connectivity index (χ2n) is 6.48. The molecule has 2 aromatic carbocycles. The summed E-state index contributed by atoms with van der Waals surface area (Å²) < 4.78 is 30.4. The minimum atomic E-state index is -0.502. The fourth-order valence-electron chi connectivity index (χ4n) is 2.79. The van der Waals surface area contributed by atoms with E-state index < -0.39 is 11.6 Å². The lowest BCUT2D eigenvalue weighted by atomic mass is 10.1. The number of aromatic nitrogens is 4. The van der Waals surface area contributed by atoms with E-state index in [0.29, 0.717) is 27.0 Å². The largest absolute Gasteiger partial charge is 0.399 e. The average Bonchev–Trinajstić information content (AvgIpc) is 3.12. The molecule has 0 saturated carbocycles. The van der Waals surface area contributed by atoms with Crippen LogP contribution in [0.15, 0.2) is 59.5 Å². The lowest BCUT2D eigenvalue weighted by Gasteiger charge is -2.14. The Morgan fingerprint density at radius 2 is 1.87 bits per heavy atom. The molecular weight excluding hydrogens is 456 g/mol. The van der Waals surface area contributed by atoms with Gasteiger partial charge in [-0.05, 0) is 51.8 Å². The summed E-state index contributed by atoms with van der Waals surface area (Å²) in [4.78, 5) is 8.76. The molecule has 4 N–H and O–H groups in total. The number of nitrogens with two attached hydrogens (primary N) is 1. The fraction of sp³-hybridized carbons (Fsp3) is 0.0500. The molecule has 0 bridgehead atoms. The molecule has 2 heterocycles. The van der Waals surface area contributed by atoms with Crippen molar-refractivity contribution in [1.82, 2.24) is 19.7 Å². The van der Waals surface area contributed by atoms with Crippen molar-refractivity contribution in [2.75, 3.05) is 16.4 Å². The summed E-state index contributed by atoms with van der Waals surface area (Å²) in [5.41, 5.74) is 8.00. The number of hydrogen-bond donors (Lipinski definition) is 3. The van der Waals surface area contributed by atoms with Crippen LogP contribution in [-0.4, -0.2) is 19.7 Å². The molecule has 0 aliphatic carbocycles. The standard InChI is InChI=1S/C20H16BrF2N7/c1-30-10-13(8-26-30)27-20-25-9-14(11-2-4-15(21)17(23)6-11)19(29-20)28-18-7-12(24)3-5-16(18)22/h2-10H,24H2,1H3,(H2,25,27,28,29). The highest BCUT2D eigenvalue weighted by atomic mass is 79.9. The van der Waals surface area contributed by atoms with Gasteiger partial charge in [0.25, 0.3) is 0 Å². The molecule has 2 aromatic heterocycles. The molecule has 0 atom stereocenters. The van der Waals surface area contributed by atoms with Gasteiger partial charge >= 0.3 is 0 Å². The first-order chi connectivity index (χ1) is 14.4.